The van der Waals surface area contributed by atoms with Crippen LogP contribution in [0.4, 0.5) is 0 Å². The predicted molar refractivity (Wildman–Crippen MR) is 117 cm³/mol. The first kappa shape index (κ1) is 21.6. The van der Waals surface area contributed by atoms with Gasteiger partial charge in [0.1, 0.15) is 15.9 Å². The Morgan fingerprint density at radius 3 is 2.70 bits per heavy atom. The van der Waals surface area contributed by atoms with Gasteiger partial charge in [0.05, 0.1) is 17.6 Å². The minimum absolute atomic E-state index is 0.0433. The summed E-state index contributed by atoms with van der Waals surface area (Å²) in [4.78, 5) is 15.3. The van der Waals surface area contributed by atoms with Gasteiger partial charge < -0.3 is 10.2 Å². The number of aromatic nitrogens is 2. The van der Waals surface area contributed by atoms with E-state index in [-0.39, 0.29) is 23.3 Å². The van der Waals surface area contributed by atoms with Gasteiger partial charge in [-0.3, -0.25) is 4.79 Å². The van der Waals surface area contributed by atoms with Crippen molar-refractivity contribution in [2.45, 2.75) is 43.4 Å². The van der Waals surface area contributed by atoms with E-state index in [0.29, 0.717) is 37.0 Å². The molecule has 10 heteroatoms. The normalized spacial score (nSPS) is 22.1. The molecule has 0 unspecified atom stereocenters. The summed E-state index contributed by atoms with van der Waals surface area (Å²) in [5, 5.41) is 3.03. The second-order valence-electron chi connectivity index (χ2n) is 8.14. The topological polar surface area (TPSA) is 95.5 Å². The van der Waals surface area contributed by atoms with E-state index >= 15 is 0 Å². The molecule has 2 aliphatic rings. The Balaban J connectivity index is 1.36. The van der Waals surface area contributed by atoms with Crippen LogP contribution in [0.2, 0.25) is 0 Å². The summed E-state index contributed by atoms with van der Waals surface area (Å²) in [6, 6.07) is 5.02. The van der Waals surface area contributed by atoms with Crippen molar-refractivity contribution in [1.29, 1.82) is 0 Å². The van der Waals surface area contributed by atoms with Gasteiger partial charge in [-0.15, -0.1) is 0 Å². The minimum Gasteiger partial charge on any atom is -0.355 e. The molecule has 1 amide bonds. The van der Waals surface area contributed by atoms with Crippen molar-refractivity contribution in [2.24, 2.45) is 5.92 Å². The SMILES string of the molecule is O=C(NCCN1CCCCCC1)[C@H]1CCCN(S(=O)(=O)c2cccc3nsnc23)C1. The van der Waals surface area contributed by atoms with Crippen LogP contribution >= 0.6 is 11.7 Å². The van der Waals surface area contributed by atoms with E-state index in [1.165, 1.54) is 30.0 Å². The number of amides is 1. The molecule has 164 valence electrons. The van der Waals surface area contributed by atoms with Crippen LogP contribution in [0.1, 0.15) is 38.5 Å². The van der Waals surface area contributed by atoms with E-state index in [0.717, 1.165) is 31.4 Å². The van der Waals surface area contributed by atoms with Gasteiger partial charge in [0, 0.05) is 26.2 Å². The van der Waals surface area contributed by atoms with Crippen molar-refractivity contribution in [1.82, 2.24) is 23.3 Å². The van der Waals surface area contributed by atoms with Crippen LogP contribution in [-0.4, -0.2) is 71.5 Å². The zero-order valence-corrected chi connectivity index (χ0v) is 18.8. The largest absolute Gasteiger partial charge is 0.355 e. The third-order valence-electron chi connectivity index (χ3n) is 6.05. The van der Waals surface area contributed by atoms with Crippen LogP contribution in [0.15, 0.2) is 23.1 Å². The first-order valence-electron chi connectivity index (χ1n) is 10.8. The lowest BCUT2D eigenvalue weighted by Gasteiger charge is -2.31. The van der Waals surface area contributed by atoms with Gasteiger partial charge in [0.25, 0.3) is 0 Å². The molecule has 2 aliphatic heterocycles. The van der Waals surface area contributed by atoms with Crippen molar-refractivity contribution in [3.05, 3.63) is 18.2 Å². The number of hydrogen-bond donors (Lipinski definition) is 1. The molecule has 0 radical (unpaired) electrons. The molecule has 0 saturated carbocycles. The monoisotopic (exact) mass is 451 g/mol. The number of fused-ring (bicyclic) bond motifs is 1. The third kappa shape index (κ3) is 4.82. The lowest BCUT2D eigenvalue weighted by molar-refractivity contribution is -0.126. The van der Waals surface area contributed by atoms with E-state index in [1.54, 1.807) is 18.2 Å². The van der Waals surface area contributed by atoms with Gasteiger partial charge in [0.2, 0.25) is 15.9 Å². The van der Waals surface area contributed by atoms with Gasteiger partial charge in [-0.05, 0) is 50.9 Å². The number of nitrogens with zero attached hydrogens (tertiary/aromatic N) is 4. The molecule has 1 N–H and O–H groups in total. The van der Waals surface area contributed by atoms with E-state index in [4.69, 9.17) is 0 Å². The molecule has 1 aromatic carbocycles. The Kier molecular flexibility index (Phi) is 6.97. The number of rotatable bonds is 6. The molecule has 1 aromatic heterocycles. The molecule has 0 spiro atoms. The average molecular weight is 452 g/mol. The summed E-state index contributed by atoms with van der Waals surface area (Å²) < 4.78 is 36.2. The lowest BCUT2D eigenvalue weighted by atomic mass is 9.99. The minimum atomic E-state index is -3.72. The van der Waals surface area contributed by atoms with Crippen LogP contribution in [0.3, 0.4) is 0 Å². The Bertz CT molecular complexity index is 970. The van der Waals surface area contributed by atoms with Gasteiger partial charge in [-0.1, -0.05) is 18.9 Å². The number of carbonyl (C=O) groups is 1. The van der Waals surface area contributed by atoms with E-state index in [1.807, 2.05) is 0 Å². The summed E-state index contributed by atoms with van der Waals surface area (Å²) in [5.74, 6) is -0.358. The smallest absolute Gasteiger partial charge is 0.245 e. The lowest BCUT2D eigenvalue weighted by Crippen LogP contribution is -2.46. The maximum Gasteiger partial charge on any atom is 0.245 e. The van der Waals surface area contributed by atoms with Crippen molar-refractivity contribution in [3.8, 4) is 0 Å². The summed E-state index contributed by atoms with van der Waals surface area (Å²) in [7, 11) is -3.72. The summed E-state index contributed by atoms with van der Waals surface area (Å²) >= 11 is 1.01. The van der Waals surface area contributed by atoms with Gasteiger partial charge in [-0.2, -0.15) is 13.1 Å². The molecular weight excluding hydrogens is 422 g/mol. The fourth-order valence-corrected chi connectivity index (χ4v) is 6.62. The molecule has 30 heavy (non-hydrogen) atoms. The summed E-state index contributed by atoms with van der Waals surface area (Å²) in [6.07, 6.45) is 6.42. The number of hydrogen-bond acceptors (Lipinski definition) is 7. The van der Waals surface area contributed by atoms with Gasteiger partial charge in [0.15, 0.2) is 0 Å². The Labute approximate surface area is 182 Å². The highest BCUT2D eigenvalue weighted by molar-refractivity contribution is 7.89. The van der Waals surface area contributed by atoms with E-state index in [2.05, 4.69) is 19.0 Å². The molecule has 0 aliphatic carbocycles. The van der Waals surface area contributed by atoms with Gasteiger partial charge >= 0.3 is 0 Å². The number of carbonyl (C=O) groups excluding carboxylic acids is 1. The fraction of sp³-hybridized carbons (Fsp3) is 0.650. The quantitative estimate of drug-likeness (QED) is 0.723. The van der Waals surface area contributed by atoms with Crippen LogP contribution in [-0.2, 0) is 14.8 Å². The predicted octanol–water partition coefficient (Wildman–Crippen LogP) is 2.08. The standard InChI is InChI=1S/C20H29N5O3S2/c26-20(21-10-14-24-11-3-1-2-4-12-24)16-7-6-13-25(15-16)30(27,28)18-9-5-8-17-19(18)23-29-22-17/h5,8-9,16H,1-4,6-7,10-15H2,(H,21,26)/t16-/m0/s1. The van der Waals surface area contributed by atoms with Crippen molar-refractivity contribution in [2.75, 3.05) is 39.3 Å². The maximum atomic E-state index is 13.2. The Morgan fingerprint density at radius 1 is 1.10 bits per heavy atom. The van der Waals surface area contributed by atoms with Crippen molar-refractivity contribution < 1.29 is 13.2 Å². The first-order chi connectivity index (χ1) is 14.6. The van der Waals surface area contributed by atoms with Crippen LogP contribution in [0, 0.1) is 5.92 Å². The molecular formula is C20H29N5O3S2. The highest BCUT2D eigenvalue weighted by Gasteiger charge is 2.34. The zero-order chi connectivity index (χ0) is 21.0. The van der Waals surface area contributed by atoms with Crippen LogP contribution in [0.5, 0.6) is 0 Å². The Hall–Kier alpha value is -1.62. The van der Waals surface area contributed by atoms with Gasteiger partial charge in [-0.25, -0.2) is 8.42 Å². The van der Waals surface area contributed by atoms with E-state index < -0.39 is 10.0 Å². The third-order valence-corrected chi connectivity index (χ3v) is 8.49. The molecule has 1 atom stereocenters. The molecule has 0 bridgehead atoms. The van der Waals surface area contributed by atoms with Crippen molar-refractivity contribution in [3.63, 3.8) is 0 Å². The number of piperidine rings is 1. The number of sulfonamides is 1. The first-order valence-corrected chi connectivity index (χ1v) is 12.9. The molecule has 2 fully saturated rings. The highest BCUT2D eigenvalue weighted by atomic mass is 32.2. The van der Waals surface area contributed by atoms with E-state index in [9.17, 15) is 13.2 Å². The number of benzene rings is 1. The molecule has 3 heterocycles. The number of nitrogens with one attached hydrogen (secondary N) is 1. The number of likely N-dealkylation sites (tertiary alicyclic amines) is 1. The van der Waals surface area contributed by atoms with Crippen molar-refractivity contribution >= 4 is 38.7 Å². The highest BCUT2D eigenvalue weighted by Crippen LogP contribution is 2.28. The summed E-state index contributed by atoms with van der Waals surface area (Å²) in [6.45, 7) is 4.32. The average Bonchev–Trinajstić information content (AvgIpc) is 3.09. The molecule has 4 rings (SSSR count). The fourth-order valence-electron chi connectivity index (χ4n) is 4.34. The second kappa shape index (κ2) is 9.67. The van der Waals surface area contributed by atoms with Crippen LogP contribution in [0.25, 0.3) is 11.0 Å². The molecule has 2 aromatic rings. The Morgan fingerprint density at radius 2 is 1.90 bits per heavy atom. The zero-order valence-electron chi connectivity index (χ0n) is 17.1. The van der Waals surface area contributed by atoms with Crippen LogP contribution < -0.4 is 5.32 Å². The molecule has 8 nitrogen and oxygen atoms in total. The second-order valence-corrected chi connectivity index (χ2v) is 10.6. The molecule has 2 saturated heterocycles. The maximum absolute atomic E-state index is 13.2. The summed E-state index contributed by atoms with van der Waals surface area (Å²) in [5.41, 5.74) is 0.993.